The number of carbonyl (C=O) groups is 1. The molecule has 1 aromatic rings. The predicted octanol–water partition coefficient (Wildman–Crippen LogP) is 2.75. The van der Waals surface area contributed by atoms with Gasteiger partial charge in [0.25, 0.3) is 5.91 Å². The minimum absolute atomic E-state index is 0.159. The first-order valence-electron chi connectivity index (χ1n) is 6.96. The van der Waals surface area contributed by atoms with Crippen molar-refractivity contribution in [2.75, 3.05) is 26.2 Å². The largest absolute Gasteiger partial charge is 0.339 e. The molecule has 1 N–H and O–H groups in total. The summed E-state index contributed by atoms with van der Waals surface area (Å²) in [6.07, 6.45) is 2.45. The molecular weight excluding hydrogens is 351 g/mol. The van der Waals surface area contributed by atoms with Crippen LogP contribution in [-0.4, -0.2) is 37.0 Å². The summed E-state index contributed by atoms with van der Waals surface area (Å²) in [4.78, 5) is 14.5. The molecule has 1 aliphatic heterocycles. The number of piperidine rings is 1. The van der Waals surface area contributed by atoms with Crippen LogP contribution in [0, 0.1) is 9.49 Å². The fourth-order valence-electron chi connectivity index (χ4n) is 2.55. The Hall–Kier alpha value is -0.620. The molecule has 4 heteroatoms. The summed E-state index contributed by atoms with van der Waals surface area (Å²) < 4.78 is 1.11. The maximum atomic E-state index is 12.5. The first kappa shape index (κ1) is 14.8. The van der Waals surface area contributed by atoms with Crippen LogP contribution in [0.1, 0.15) is 30.1 Å². The molecule has 1 aliphatic rings. The summed E-state index contributed by atoms with van der Waals surface area (Å²) in [5.41, 5.74) is 0.803. The molecular formula is C15H21IN2O. The number of nitrogens with zero attached hydrogens (tertiary/aromatic N) is 1. The second-order valence-corrected chi connectivity index (χ2v) is 6.31. The zero-order valence-electron chi connectivity index (χ0n) is 11.4. The van der Waals surface area contributed by atoms with Crippen LogP contribution in [0.25, 0.3) is 0 Å². The van der Waals surface area contributed by atoms with Gasteiger partial charge < -0.3 is 10.2 Å². The zero-order chi connectivity index (χ0) is 13.7. The lowest BCUT2D eigenvalue weighted by Crippen LogP contribution is -2.41. The Labute approximate surface area is 128 Å². The van der Waals surface area contributed by atoms with Crippen LogP contribution >= 0.6 is 22.6 Å². The smallest absolute Gasteiger partial charge is 0.253 e. The van der Waals surface area contributed by atoms with E-state index in [1.54, 1.807) is 0 Å². The molecule has 0 saturated carbocycles. The number of hydrogen-bond donors (Lipinski definition) is 1. The molecule has 1 aromatic carbocycles. The van der Waals surface area contributed by atoms with Gasteiger partial charge in [-0.15, -0.1) is 0 Å². The Balaban J connectivity index is 2.02. The van der Waals surface area contributed by atoms with E-state index in [0.717, 1.165) is 35.3 Å². The van der Waals surface area contributed by atoms with Crippen LogP contribution < -0.4 is 5.32 Å². The van der Waals surface area contributed by atoms with E-state index >= 15 is 0 Å². The highest BCUT2D eigenvalue weighted by molar-refractivity contribution is 14.1. The van der Waals surface area contributed by atoms with E-state index in [-0.39, 0.29) is 5.91 Å². The van der Waals surface area contributed by atoms with Crippen LogP contribution in [0.4, 0.5) is 0 Å². The van der Waals surface area contributed by atoms with E-state index in [1.165, 1.54) is 12.8 Å². The molecule has 1 unspecified atom stereocenters. The Morgan fingerprint density at radius 1 is 1.53 bits per heavy atom. The van der Waals surface area contributed by atoms with E-state index in [2.05, 4.69) is 34.8 Å². The molecule has 0 spiro atoms. The van der Waals surface area contributed by atoms with Gasteiger partial charge in [0.05, 0.1) is 0 Å². The van der Waals surface area contributed by atoms with Gasteiger partial charge in [0.2, 0.25) is 0 Å². The predicted molar refractivity (Wildman–Crippen MR) is 86.3 cm³/mol. The molecule has 0 aromatic heterocycles. The molecule has 1 atom stereocenters. The van der Waals surface area contributed by atoms with Crippen LogP contribution in [0.5, 0.6) is 0 Å². The SMILES string of the molecule is CCN(CC1CCCNC1)C(=O)c1cccc(I)c1. The van der Waals surface area contributed by atoms with Gasteiger partial charge in [0.15, 0.2) is 0 Å². The second-order valence-electron chi connectivity index (χ2n) is 5.07. The molecule has 1 heterocycles. The highest BCUT2D eigenvalue weighted by Crippen LogP contribution is 2.15. The Morgan fingerprint density at radius 2 is 2.37 bits per heavy atom. The third-order valence-electron chi connectivity index (χ3n) is 3.62. The minimum Gasteiger partial charge on any atom is -0.339 e. The van der Waals surface area contributed by atoms with Crippen molar-refractivity contribution in [3.8, 4) is 0 Å². The van der Waals surface area contributed by atoms with Gasteiger partial charge in [-0.3, -0.25) is 4.79 Å². The number of benzene rings is 1. The van der Waals surface area contributed by atoms with E-state index in [4.69, 9.17) is 0 Å². The Morgan fingerprint density at radius 3 is 3.00 bits per heavy atom. The molecule has 1 amide bonds. The van der Waals surface area contributed by atoms with Gasteiger partial charge >= 0.3 is 0 Å². The third kappa shape index (κ3) is 4.18. The maximum Gasteiger partial charge on any atom is 0.253 e. The normalized spacial score (nSPS) is 19.2. The van der Waals surface area contributed by atoms with E-state index in [9.17, 15) is 4.79 Å². The fourth-order valence-corrected chi connectivity index (χ4v) is 3.09. The topological polar surface area (TPSA) is 32.3 Å². The Bertz CT molecular complexity index is 430. The lowest BCUT2D eigenvalue weighted by atomic mass is 9.99. The number of rotatable bonds is 4. The standard InChI is InChI=1S/C15H21IN2O/c1-2-18(11-12-5-4-8-17-10-12)15(19)13-6-3-7-14(16)9-13/h3,6-7,9,12,17H,2,4-5,8,10-11H2,1H3. The van der Waals surface area contributed by atoms with Gasteiger partial charge in [-0.2, -0.15) is 0 Å². The van der Waals surface area contributed by atoms with Gasteiger partial charge in [0.1, 0.15) is 0 Å². The quantitative estimate of drug-likeness (QED) is 0.825. The molecule has 0 bridgehead atoms. The van der Waals surface area contributed by atoms with Gasteiger partial charge in [-0.1, -0.05) is 6.07 Å². The van der Waals surface area contributed by atoms with Crippen LogP contribution in [-0.2, 0) is 0 Å². The number of hydrogen-bond acceptors (Lipinski definition) is 2. The summed E-state index contributed by atoms with van der Waals surface area (Å²) in [5, 5.41) is 3.41. The monoisotopic (exact) mass is 372 g/mol. The lowest BCUT2D eigenvalue weighted by molar-refractivity contribution is 0.0729. The lowest BCUT2D eigenvalue weighted by Gasteiger charge is -2.29. The van der Waals surface area contributed by atoms with E-state index in [0.29, 0.717) is 5.92 Å². The van der Waals surface area contributed by atoms with Crippen molar-refractivity contribution >= 4 is 28.5 Å². The summed E-state index contributed by atoms with van der Waals surface area (Å²) in [7, 11) is 0. The van der Waals surface area contributed by atoms with Crippen molar-refractivity contribution in [2.24, 2.45) is 5.92 Å². The number of carbonyl (C=O) groups excluding carboxylic acids is 1. The van der Waals surface area contributed by atoms with Gasteiger partial charge in [-0.25, -0.2) is 0 Å². The van der Waals surface area contributed by atoms with Crippen molar-refractivity contribution < 1.29 is 4.79 Å². The Kier molecular flexibility index (Phi) is 5.63. The average molecular weight is 372 g/mol. The second kappa shape index (κ2) is 7.24. The molecule has 19 heavy (non-hydrogen) atoms. The van der Waals surface area contributed by atoms with Crippen LogP contribution in [0.2, 0.25) is 0 Å². The van der Waals surface area contributed by atoms with Crippen LogP contribution in [0.15, 0.2) is 24.3 Å². The average Bonchev–Trinajstić information content (AvgIpc) is 2.45. The van der Waals surface area contributed by atoms with Crippen molar-refractivity contribution in [1.29, 1.82) is 0 Å². The highest BCUT2D eigenvalue weighted by Gasteiger charge is 2.20. The fraction of sp³-hybridized carbons (Fsp3) is 0.533. The summed E-state index contributed by atoms with van der Waals surface area (Å²) in [6, 6.07) is 7.83. The molecule has 0 radical (unpaired) electrons. The maximum absolute atomic E-state index is 12.5. The molecule has 1 saturated heterocycles. The van der Waals surface area contributed by atoms with Crippen molar-refractivity contribution in [3.05, 3.63) is 33.4 Å². The van der Waals surface area contributed by atoms with Crippen molar-refractivity contribution in [3.63, 3.8) is 0 Å². The van der Waals surface area contributed by atoms with Crippen molar-refractivity contribution in [2.45, 2.75) is 19.8 Å². The first-order chi connectivity index (χ1) is 9.20. The van der Waals surface area contributed by atoms with Gasteiger partial charge in [0, 0.05) is 22.2 Å². The molecule has 3 nitrogen and oxygen atoms in total. The summed E-state index contributed by atoms with van der Waals surface area (Å²) in [5.74, 6) is 0.757. The molecule has 1 fully saturated rings. The van der Waals surface area contributed by atoms with E-state index < -0.39 is 0 Å². The summed E-state index contributed by atoms with van der Waals surface area (Å²) >= 11 is 2.25. The molecule has 2 rings (SSSR count). The number of nitrogens with one attached hydrogen (secondary N) is 1. The number of halogens is 1. The molecule has 0 aliphatic carbocycles. The molecule has 104 valence electrons. The zero-order valence-corrected chi connectivity index (χ0v) is 13.5. The first-order valence-corrected chi connectivity index (χ1v) is 8.04. The summed E-state index contributed by atoms with van der Waals surface area (Å²) in [6.45, 7) is 5.86. The third-order valence-corrected chi connectivity index (χ3v) is 4.29. The van der Waals surface area contributed by atoms with Gasteiger partial charge in [-0.05, 0) is 79.6 Å². The highest BCUT2D eigenvalue weighted by atomic mass is 127. The minimum atomic E-state index is 0.159. The van der Waals surface area contributed by atoms with Crippen molar-refractivity contribution in [1.82, 2.24) is 10.2 Å². The number of amides is 1. The van der Waals surface area contributed by atoms with E-state index in [1.807, 2.05) is 29.2 Å². The van der Waals surface area contributed by atoms with Crippen LogP contribution in [0.3, 0.4) is 0 Å².